The molecular formula is C11H24N2O. The van der Waals surface area contributed by atoms with Gasteiger partial charge in [-0.2, -0.15) is 0 Å². The Morgan fingerprint density at radius 1 is 1.50 bits per heavy atom. The first-order valence-electron chi connectivity index (χ1n) is 5.62. The molecule has 1 heterocycles. The van der Waals surface area contributed by atoms with E-state index in [2.05, 4.69) is 24.2 Å². The molecule has 84 valence electrons. The molecule has 0 aromatic heterocycles. The van der Waals surface area contributed by atoms with E-state index in [9.17, 15) is 0 Å². The Hall–Kier alpha value is -0.120. The van der Waals surface area contributed by atoms with Crippen molar-refractivity contribution >= 4 is 0 Å². The van der Waals surface area contributed by atoms with E-state index in [-0.39, 0.29) is 0 Å². The number of methoxy groups -OCH3 is 1. The molecule has 1 N–H and O–H groups in total. The van der Waals surface area contributed by atoms with Gasteiger partial charge in [-0.3, -0.25) is 0 Å². The zero-order valence-electron chi connectivity index (χ0n) is 9.75. The largest absolute Gasteiger partial charge is 0.385 e. The highest BCUT2D eigenvalue weighted by atomic mass is 16.5. The summed E-state index contributed by atoms with van der Waals surface area (Å²) in [4.78, 5) is 2.42. The van der Waals surface area contributed by atoms with Gasteiger partial charge in [0.05, 0.1) is 0 Å². The lowest BCUT2D eigenvalue weighted by molar-refractivity contribution is 0.157. The van der Waals surface area contributed by atoms with E-state index in [4.69, 9.17) is 4.74 Å². The fourth-order valence-corrected chi connectivity index (χ4v) is 1.92. The molecule has 0 amide bonds. The minimum atomic E-state index is 0.823. The third-order valence-corrected chi connectivity index (χ3v) is 3.11. The lowest BCUT2D eigenvalue weighted by Crippen LogP contribution is -2.47. The highest BCUT2D eigenvalue weighted by molar-refractivity contribution is 4.80. The van der Waals surface area contributed by atoms with E-state index in [1.165, 1.54) is 19.6 Å². The highest BCUT2D eigenvalue weighted by Crippen LogP contribution is 2.16. The van der Waals surface area contributed by atoms with Crippen molar-refractivity contribution in [2.24, 2.45) is 11.8 Å². The standard InChI is InChI=1S/C11H24N2O/c1-10(11-7-12-8-11)9-13(2)5-4-6-14-3/h10-12H,4-9H2,1-3H3. The van der Waals surface area contributed by atoms with Gasteiger partial charge in [0, 0.05) is 26.8 Å². The number of ether oxygens (including phenoxy) is 1. The molecular weight excluding hydrogens is 176 g/mol. The third-order valence-electron chi connectivity index (χ3n) is 3.11. The Bertz CT molecular complexity index is 148. The van der Waals surface area contributed by atoms with Crippen LogP contribution < -0.4 is 5.32 Å². The van der Waals surface area contributed by atoms with Crippen LogP contribution >= 0.6 is 0 Å². The fraction of sp³-hybridized carbons (Fsp3) is 1.00. The lowest BCUT2D eigenvalue weighted by Gasteiger charge is -2.34. The summed E-state index contributed by atoms with van der Waals surface area (Å²) >= 11 is 0. The average molecular weight is 200 g/mol. The Labute approximate surface area is 87.8 Å². The predicted molar refractivity (Wildman–Crippen MR) is 59.5 cm³/mol. The molecule has 0 saturated carbocycles. The molecule has 3 nitrogen and oxygen atoms in total. The van der Waals surface area contributed by atoms with Crippen molar-refractivity contribution in [3.8, 4) is 0 Å². The molecule has 0 aliphatic carbocycles. The molecule has 14 heavy (non-hydrogen) atoms. The van der Waals surface area contributed by atoms with Gasteiger partial charge >= 0.3 is 0 Å². The summed E-state index contributed by atoms with van der Waals surface area (Å²) in [5, 5.41) is 3.33. The van der Waals surface area contributed by atoms with Gasteiger partial charge < -0.3 is 15.0 Å². The SMILES string of the molecule is COCCCN(C)CC(C)C1CNC1. The van der Waals surface area contributed by atoms with E-state index in [1.807, 2.05) is 0 Å². The second kappa shape index (κ2) is 6.38. The summed E-state index contributed by atoms with van der Waals surface area (Å²) in [6.07, 6.45) is 1.14. The van der Waals surface area contributed by atoms with Crippen molar-refractivity contribution in [3.63, 3.8) is 0 Å². The van der Waals surface area contributed by atoms with Gasteiger partial charge in [-0.25, -0.2) is 0 Å². The number of hydrogen-bond acceptors (Lipinski definition) is 3. The minimum Gasteiger partial charge on any atom is -0.385 e. The molecule has 1 rings (SSSR count). The smallest absolute Gasteiger partial charge is 0.0474 e. The van der Waals surface area contributed by atoms with Crippen LogP contribution in [0.1, 0.15) is 13.3 Å². The number of hydrogen-bond donors (Lipinski definition) is 1. The van der Waals surface area contributed by atoms with Gasteiger partial charge in [-0.05, 0) is 38.4 Å². The normalized spacial score (nSPS) is 19.7. The Balaban J connectivity index is 2.03. The average Bonchev–Trinajstić information content (AvgIpc) is 2.00. The van der Waals surface area contributed by atoms with E-state index in [0.717, 1.165) is 31.4 Å². The van der Waals surface area contributed by atoms with Crippen LogP contribution in [0.4, 0.5) is 0 Å². The maximum absolute atomic E-state index is 5.04. The van der Waals surface area contributed by atoms with Crippen molar-refractivity contribution < 1.29 is 4.74 Å². The van der Waals surface area contributed by atoms with E-state index >= 15 is 0 Å². The lowest BCUT2D eigenvalue weighted by atomic mass is 9.88. The number of rotatable bonds is 7. The van der Waals surface area contributed by atoms with Crippen LogP contribution in [0, 0.1) is 11.8 Å². The van der Waals surface area contributed by atoms with Crippen molar-refractivity contribution in [1.29, 1.82) is 0 Å². The van der Waals surface area contributed by atoms with Gasteiger partial charge in [-0.1, -0.05) is 6.92 Å². The van der Waals surface area contributed by atoms with Gasteiger partial charge in [0.2, 0.25) is 0 Å². The summed E-state index contributed by atoms with van der Waals surface area (Å²) < 4.78 is 5.04. The second-order valence-electron chi connectivity index (χ2n) is 4.50. The van der Waals surface area contributed by atoms with Crippen LogP contribution in [-0.2, 0) is 4.74 Å². The van der Waals surface area contributed by atoms with Crippen LogP contribution in [0.5, 0.6) is 0 Å². The fourth-order valence-electron chi connectivity index (χ4n) is 1.92. The summed E-state index contributed by atoms with van der Waals surface area (Å²) in [5.74, 6) is 1.73. The number of nitrogens with zero attached hydrogens (tertiary/aromatic N) is 1. The van der Waals surface area contributed by atoms with Gasteiger partial charge in [0.25, 0.3) is 0 Å². The predicted octanol–water partition coefficient (Wildman–Crippen LogP) is 0.810. The molecule has 0 bridgehead atoms. The van der Waals surface area contributed by atoms with Gasteiger partial charge in [-0.15, -0.1) is 0 Å². The molecule has 1 aliphatic rings. The minimum absolute atomic E-state index is 0.823. The topological polar surface area (TPSA) is 24.5 Å². The second-order valence-corrected chi connectivity index (χ2v) is 4.50. The Kier molecular flexibility index (Phi) is 5.45. The molecule has 1 saturated heterocycles. The molecule has 1 fully saturated rings. The van der Waals surface area contributed by atoms with E-state index in [1.54, 1.807) is 7.11 Å². The van der Waals surface area contributed by atoms with Gasteiger partial charge in [0.1, 0.15) is 0 Å². The van der Waals surface area contributed by atoms with Crippen LogP contribution in [0.3, 0.4) is 0 Å². The third kappa shape index (κ3) is 3.95. The first kappa shape index (κ1) is 12.0. The molecule has 0 aromatic rings. The maximum Gasteiger partial charge on any atom is 0.0474 e. The van der Waals surface area contributed by atoms with Crippen molar-refractivity contribution in [2.75, 3.05) is 46.9 Å². The van der Waals surface area contributed by atoms with Crippen molar-refractivity contribution in [2.45, 2.75) is 13.3 Å². The quantitative estimate of drug-likeness (QED) is 0.616. The Morgan fingerprint density at radius 3 is 2.71 bits per heavy atom. The molecule has 0 aromatic carbocycles. The summed E-state index contributed by atoms with van der Waals surface area (Å²) in [6, 6.07) is 0. The van der Waals surface area contributed by atoms with Crippen molar-refractivity contribution in [3.05, 3.63) is 0 Å². The maximum atomic E-state index is 5.04. The zero-order valence-corrected chi connectivity index (χ0v) is 9.75. The van der Waals surface area contributed by atoms with Gasteiger partial charge in [0.15, 0.2) is 0 Å². The zero-order chi connectivity index (χ0) is 10.4. The van der Waals surface area contributed by atoms with Crippen LogP contribution in [0.25, 0.3) is 0 Å². The first-order valence-corrected chi connectivity index (χ1v) is 5.62. The molecule has 1 aliphatic heterocycles. The number of nitrogens with one attached hydrogen (secondary N) is 1. The molecule has 0 spiro atoms. The molecule has 1 atom stereocenters. The highest BCUT2D eigenvalue weighted by Gasteiger charge is 2.23. The van der Waals surface area contributed by atoms with E-state index < -0.39 is 0 Å². The molecule has 3 heteroatoms. The summed E-state index contributed by atoms with van der Waals surface area (Å²) in [5.41, 5.74) is 0. The monoisotopic (exact) mass is 200 g/mol. The van der Waals surface area contributed by atoms with Crippen LogP contribution in [0.2, 0.25) is 0 Å². The van der Waals surface area contributed by atoms with Crippen LogP contribution in [0.15, 0.2) is 0 Å². The molecule has 1 unspecified atom stereocenters. The van der Waals surface area contributed by atoms with E-state index in [0.29, 0.717) is 0 Å². The Morgan fingerprint density at radius 2 is 2.21 bits per heavy atom. The van der Waals surface area contributed by atoms with Crippen LogP contribution in [-0.4, -0.2) is 51.8 Å². The summed E-state index contributed by atoms with van der Waals surface area (Å²) in [6.45, 7) is 8.04. The molecule has 0 radical (unpaired) electrons. The first-order chi connectivity index (χ1) is 6.74. The summed E-state index contributed by atoms with van der Waals surface area (Å²) in [7, 11) is 3.97. The van der Waals surface area contributed by atoms with Crippen molar-refractivity contribution in [1.82, 2.24) is 10.2 Å².